The summed E-state index contributed by atoms with van der Waals surface area (Å²) in [4.78, 5) is 43.7. The number of aliphatic carboxylic acids is 1. The predicted molar refractivity (Wildman–Crippen MR) is 137 cm³/mol. The zero-order valence-corrected chi connectivity index (χ0v) is 19.9. The van der Waals surface area contributed by atoms with Crippen molar-refractivity contribution in [2.75, 3.05) is 19.0 Å². The molecule has 0 spiro atoms. The van der Waals surface area contributed by atoms with Gasteiger partial charge < -0.3 is 36.9 Å². The van der Waals surface area contributed by atoms with Crippen molar-refractivity contribution in [3.05, 3.63) is 59.8 Å². The molecule has 0 radical (unpaired) electrons. The number of para-hydroxylation sites is 1. The number of amides is 2. The minimum Gasteiger partial charge on any atom is -0.494 e. The van der Waals surface area contributed by atoms with Gasteiger partial charge >= 0.3 is 5.97 Å². The van der Waals surface area contributed by atoms with Gasteiger partial charge in [0.25, 0.3) is 5.91 Å². The molecule has 36 heavy (non-hydrogen) atoms. The van der Waals surface area contributed by atoms with Crippen LogP contribution in [0.2, 0.25) is 0 Å². The van der Waals surface area contributed by atoms with E-state index >= 15 is 0 Å². The van der Waals surface area contributed by atoms with Crippen molar-refractivity contribution in [2.45, 2.75) is 31.7 Å². The third kappa shape index (κ3) is 6.98. The first-order chi connectivity index (χ1) is 17.3. The number of rotatable bonds is 12. The largest absolute Gasteiger partial charge is 0.494 e. The summed E-state index contributed by atoms with van der Waals surface area (Å²) in [5.74, 6) is -1.52. The van der Waals surface area contributed by atoms with E-state index in [2.05, 4.69) is 20.6 Å². The fourth-order valence-corrected chi connectivity index (χ4v) is 3.71. The number of guanidine groups is 1. The lowest BCUT2D eigenvalue weighted by atomic mass is 10.1. The molecule has 0 aliphatic carbocycles. The number of carboxylic acid groups (broad SMARTS) is 1. The van der Waals surface area contributed by atoms with Gasteiger partial charge in [-0.15, -0.1) is 0 Å². The first-order valence-corrected chi connectivity index (χ1v) is 11.4. The molecule has 0 saturated heterocycles. The van der Waals surface area contributed by atoms with E-state index in [-0.39, 0.29) is 24.0 Å². The molecule has 11 heteroatoms. The summed E-state index contributed by atoms with van der Waals surface area (Å²) in [6.07, 6.45) is 1.72. The van der Waals surface area contributed by atoms with E-state index in [1.807, 2.05) is 18.2 Å². The molecule has 0 aliphatic rings. The van der Waals surface area contributed by atoms with Crippen molar-refractivity contribution in [3.8, 4) is 5.75 Å². The summed E-state index contributed by atoms with van der Waals surface area (Å²) in [5.41, 5.74) is 12.7. The van der Waals surface area contributed by atoms with E-state index in [9.17, 15) is 19.5 Å². The number of nitrogens with one attached hydrogen (secondary N) is 3. The summed E-state index contributed by atoms with van der Waals surface area (Å²) in [6.45, 7) is 0.471. The minimum atomic E-state index is -1.17. The van der Waals surface area contributed by atoms with Crippen LogP contribution in [0.5, 0.6) is 5.75 Å². The Bertz CT molecular complexity index is 1250. The highest BCUT2D eigenvalue weighted by Gasteiger charge is 2.25. The second-order valence-electron chi connectivity index (χ2n) is 8.16. The molecule has 3 aromatic rings. The monoisotopic (exact) mass is 494 g/mol. The molecule has 0 unspecified atom stereocenters. The summed E-state index contributed by atoms with van der Waals surface area (Å²) in [5, 5.41) is 15.8. The number of methoxy groups -OCH3 is 1. The lowest BCUT2D eigenvalue weighted by molar-refractivity contribution is -0.139. The van der Waals surface area contributed by atoms with Crippen LogP contribution in [0.15, 0.2) is 53.5 Å². The molecule has 190 valence electrons. The molecule has 2 amide bonds. The van der Waals surface area contributed by atoms with Gasteiger partial charge in [0, 0.05) is 36.0 Å². The Morgan fingerprint density at radius 3 is 2.47 bits per heavy atom. The van der Waals surface area contributed by atoms with Crippen LogP contribution in [0.1, 0.15) is 35.3 Å². The summed E-state index contributed by atoms with van der Waals surface area (Å²) in [6, 6.07) is 12.9. The summed E-state index contributed by atoms with van der Waals surface area (Å²) >= 11 is 0. The zero-order valence-electron chi connectivity index (χ0n) is 19.9. The molecule has 11 nitrogen and oxygen atoms in total. The fraction of sp³-hybridized carbons (Fsp3) is 0.280. The topological polar surface area (TPSA) is 185 Å². The lowest BCUT2D eigenvalue weighted by Crippen LogP contribution is -2.42. The van der Waals surface area contributed by atoms with Gasteiger partial charge in [-0.1, -0.05) is 24.3 Å². The SMILES string of the molecule is COc1c(C(=O)N[C@@H](Cc2ccc(NC(=O)CCCCN=C(N)N)cc2)C(=O)O)[nH]c2ccccc12. The number of nitrogens with two attached hydrogens (primary N) is 2. The molecule has 3 rings (SSSR count). The number of anilines is 1. The quantitative estimate of drug-likeness (QED) is 0.126. The molecule has 8 N–H and O–H groups in total. The maximum absolute atomic E-state index is 12.9. The van der Waals surface area contributed by atoms with Crippen LogP contribution in [0, 0.1) is 0 Å². The number of aliphatic imine (C=N–C) groups is 1. The fourth-order valence-electron chi connectivity index (χ4n) is 3.71. The number of carbonyl (C=O) groups is 3. The second kappa shape index (κ2) is 12.2. The standard InChI is InChI=1S/C25H30N6O5/c1-36-22-17-6-2-3-7-18(17)30-21(22)23(33)31-19(24(34)35)14-15-9-11-16(12-10-15)29-20(32)8-4-5-13-28-25(26)27/h2-3,6-7,9-12,19,30H,4-5,8,13-14H2,1H3,(H,29,32)(H,31,33)(H,34,35)(H4,26,27,28)/t19-/m0/s1. The Kier molecular flexibility index (Phi) is 8.87. The van der Waals surface area contributed by atoms with E-state index in [1.165, 1.54) is 7.11 Å². The molecule has 1 heterocycles. The second-order valence-corrected chi connectivity index (χ2v) is 8.16. The highest BCUT2D eigenvalue weighted by Crippen LogP contribution is 2.29. The number of benzene rings is 2. The van der Waals surface area contributed by atoms with Gasteiger partial charge in [-0.25, -0.2) is 4.79 Å². The van der Waals surface area contributed by atoms with Crippen molar-refractivity contribution in [1.29, 1.82) is 0 Å². The van der Waals surface area contributed by atoms with Crippen molar-refractivity contribution in [1.82, 2.24) is 10.3 Å². The molecular formula is C25H30N6O5. The zero-order chi connectivity index (χ0) is 26.1. The smallest absolute Gasteiger partial charge is 0.326 e. The Morgan fingerprint density at radius 2 is 1.81 bits per heavy atom. The molecular weight excluding hydrogens is 464 g/mol. The number of hydrogen-bond acceptors (Lipinski definition) is 5. The number of unbranched alkanes of at least 4 members (excludes halogenated alkanes) is 1. The normalized spacial score (nSPS) is 11.5. The van der Waals surface area contributed by atoms with Crippen LogP contribution in [0.25, 0.3) is 10.9 Å². The highest BCUT2D eigenvalue weighted by atomic mass is 16.5. The Labute approximate surface area is 207 Å². The molecule has 0 fully saturated rings. The lowest BCUT2D eigenvalue weighted by Gasteiger charge is -2.15. The first-order valence-electron chi connectivity index (χ1n) is 11.4. The average Bonchev–Trinajstić information content (AvgIpc) is 3.23. The van der Waals surface area contributed by atoms with Crippen molar-refractivity contribution < 1.29 is 24.2 Å². The van der Waals surface area contributed by atoms with E-state index < -0.39 is 17.9 Å². The number of nitrogens with zero attached hydrogens (tertiary/aromatic N) is 1. The minimum absolute atomic E-state index is 0.0295. The van der Waals surface area contributed by atoms with Gasteiger partial charge in [-0.05, 0) is 42.7 Å². The number of carboxylic acids is 1. The van der Waals surface area contributed by atoms with Crippen LogP contribution < -0.4 is 26.8 Å². The number of H-pyrrole nitrogens is 1. The number of hydrogen-bond donors (Lipinski definition) is 6. The number of aromatic amines is 1. The van der Waals surface area contributed by atoms with E-state index in [4.69, 9.17) is 16.2 Å². The predicted octanol–water partition coefficient (Wildman–Crippen LogP) is 1.98. The number of ether oxygens (including phenoxy) is 1. The van der Waals surface area contributed by atoms with Crippen molar-refractivity contribution in [3.63, 3.8) is 0 Å². The maximum Gasteiger partial charge on any atom is 0.326 e. The summed E-state index contributed by atoms with van der Waals surface area (Å²) < 4.78 is 5.38. The van der Waals surface area contributed by atoms with E-state index in [0.717, 1.165) is 5.39 Å². The molecule has 1 aromatic heterocycles. The van der Waals surface area contributed by atoms with Crippen LogP contribution in [0.4, 0.5) is 5.69 Å². The Hall–Kier alpha value is -4.54. The van der Waals surface area contributed by atoms with Crippen molar-refractivity contribution >= 4 is 40.3 Å². The van der Waals surface area contributed by atoms with Crippen LogP contribution in [-0.4, -0.2) is 53.5 Å². The number of carbonyl (C=O) groups excluding carboxylic acids is 2. The highest BCUT2D eigenvalue weighted by molar-refractivity contribution is 6.04. The molecule has 0 saturated carbocycles. The first kappa shape index (κ1) is 26.1. The van der Waals surface area contributed by atoms with Gasteiger partial charge in [-0.3, -0.25) is 14.6 Å². The average molecular weight is 495 g/mol. The van der Waals surface area contributed by atoms with Gasteiger partial charge in [0.2, 0.25) is 5.91 Å². The van der Waals surface area contributed by atoms with Crippen LogP contribution in [0.3, 0.4) is 0 Å². The molecule has 0 aliphatic heterocycles. The van der Waals surface area contributed by atoms with Crippen molar-refractivity contribution in [2.24, 2.45) is 16.5 Å². The molecule has 2 aromatic carbocycles. The van der Waals surface area contributed by atoms with Gasteiger partial charge in [0.05, 0.1) is 7.11 Å². The van der Waals surface area contributed by atoms with Gasteiger partial charge in [-0.2, -0.15) is 0 Å². The number of aromatic nitrogens is 1. The maximum atomic E-state index is 12.9. The van der Waals surface area contributed by atoms with E-state index in [1.54, 1.807) is 30.3 Å². The Balaban J connectivity index is 1.58. The third-order valence-corrected chi connectivity index (χ3v) is 5.48. The van der Waals surface area contributed by atoms with Gasteiger partial charge in [0.1, 0.15) is 11.7 Å². The molecule has 0 bridgehead atoms. The number of fused-ring (bicyclic) bond motifs is 1. The van der Waals surface area contributed by atoms with Crippen LogP contribution >= 0.6 is 0 Å². The Morgan fingerprint density at radius 1 is 1.08 bits per heavy atom. The third-order valence-electron chi connectivity index (χ3n) is 5.48. The van der Waals surface area contributed by atoms with E-state index in [0.29, 0.717) is 48.3 Å². The van der Waals surface area contributed by atoms with Gasteiger partial charge in [0.15, 0.2) is 11.7 Å². The molecule has 1 atom stereocenters. The summed E-state index contributed by atoms with van der Waals surface area (Å²) in [7, 11) is 1.45. The van der Waals surface area contributed by atoms with Crippen LogP contribution in [-0.2, 0) is 16.0 Å².